The smallest absolute Gasteiger partial charge is 0.241 e. The van der Waals surface area contributed by atoms with E-state index in [1.165, 1.54) is 0 Å². The average molecular weight is 376 g/mol. The van der Waals surface area contributed by atoms with Crippen LogP contribution in [0.5, 0.6) is 11.5 Å². The third-order valence-corrected chi connectivity index (χ3v) is 5.12. The lowest BCUT2D eigenvalue weighted by Gasteiger charge is -2.31. The van der Waals surface area contributed by atoms with Crippen LogP contribution in [0, 0.1) is 0 Å². The molecule has 4 rings (SSSR count). The minimum absolute atomic E-state index is 0.0464. The first-order valence-corrected chi connectivity index (χ1v) is 9.48. The number of fused-ring (bicyclic) bond motifs is 2. The van der Waals surface area contributed by atoms with Crippen LogP contribution in [-0.2, 0) is 4.79 Å². The molecule has 0 aliphatic carbocycles. The van der Waals surface area contributed by atoms with Gasteiger partial charge in [-0.05, 0) is 49.0 Å². The summed E-state index contributed by atoms with van der Waals surface area (Å²) in [6.07, 6.45) is -0.115. The molecule has 0 bridgehead atoms. The van der Waals surface area contributed by atoms with Crippen LogP contribution in [0.1, 0.15) is 6.92 Å². The molecule has 0 spiro atoms. The number of nitrogens with one attached hydrogen (secondary N) is 1. The second kappa shape index (κ2) is 7.90. The molecule has 0 saturated carbocycles. The number of rotatable bonds is 5. The van der Waals surface area contributed by atoms with Crippen LogP contribution >= 0.6 is 0 Å². The van der Waals surface area contributed by atoms with Crippen LogP contribution in [0.2, 0.25) is 0 Å². The number of amides is 1. The van der Waals surface area contributed by atoms with Crippen LogP contribution in [0.15, 0.2) is 66.7 Å². The van der Waals surface area contributed by atoms with Gasteiger partial charge in [-0.1, -0.05) is 42.5 Å². The summed E-state index contributed by atoms with van der Waals surface area (Å²) in [7, 11) is 1.93. The molecule has 3 aromatic carbocycles. The summed E-state index contributed by atoms with van der Waals surface area (Å²) in [5.74, 6) is 1.47. The van der Waals surface area contributed by atoms with E-state index in [4.69, 9.17) is 9.47 Å². The summed E-state index contributed by atoms with van der Waals surface area (Å²) in [6.45, 7) is 2.97. The molecule has 28 heavy (non-hydrogen) atoms. The number of hydrogen-bond donors (Lipinski definition) is 1. The lowest BCUT2D eigenvalue weighted by Crippen LogP contribution is -2.46. The quantitative estimate of drug-likeness (QED) is 0.733. The molecule has 2 atom stereocenters. The zero-order chi connectivity index (χ0) is 19.5. The highest BCUT2D eigenvalue weighted by atomic mass is 16.6. The first kappa shape index (κ1) is 18.3. The molecule has 1 aliphatic rings. The van der Waals surface area contributed by atoms with E-state index in [-0.39, 0.29) is 18.1 Å². The van der Waals surface area contributed by atoms with E-state index < -0.39 is 0 Å². The van der Waals surface area contributed by atoms with Crippen molar-refractivity contribution in [3.63, 3.8) is 0 Å². The summed E-state index contributed by atoms with van der Waals surface area (Å²) in [5.41, 5.74) is 0.801. The Bertz CT molecular complexity index is 988. The van der Waals surface area contributed by atoms with Gasteiger partial charge in [-0.25, -0.2) is 0 Å². The van der Waals surface area contributed by atoms with Gasteiger partial charge in [0.25, 0.3) is 0 Å². The molecule has 3 aromatic rings. The maximum absolute atomic E-state index is 12.7. The third kappa shape index (κ3) is 3.94. The number of para-hydroxylation sites is 2. The Morgan fingerprint density at radius 1 is 1.07 bits per heavy atom. The van der Waals surface area contributed by atoms with Crippen LogP contribution in [-0.4, -0.2) is 43.2 Å². The predicted molar refractivity (Wildman–Crippen MR) is 111 cm³/mol. The van der Waals surface area contributed by atoms with Gasteiger partial charge in [0, 0.05) is 12.2 Å². The van der Waals surface area contributed by atoms with Gasteiger partial charge in [-0.3, -0.25) is 9.69 Å². The third-order valence-electron chi connectivity index (χ3n) is 5.12. The minimum atomic E-state index is -0.299. The van der Waals surface area contributed by atoms with Crippen molar-refractivity contribution in [2.75, 3.05) is 25.5 Å². The molecule has 1 aliphatic heterocycles. The molecule has 5 heteroatoms. The van der Waals surface area contributed by atoms with E-state index in [2.05, 4.69) is 11.4 Å². The zero-order valence-corrected chi connectivity index (χ0v) is 16.1. The Kier molecular flexibility index (Phi) is 5.17. The maximum Gasteiger partial charge on any atom is 0.241 e. The van der Waals surface area contributed by atoms with Crippen molar-refractivity contribution in [2.24, 2.45) is 0 Å². The average Bonchev–Trinajstić information content (AvgIpc) is 2.73. The molecule has 5 nitrogen and oxygen atoms in total. The van der Waals surface area contributed by atoms with E-state index in [9.17, 15) is 4.79 Å². The van der Waals surface area contributed by atoms with Crippen molar-refractivity contribution < 1.29 is 14.3 Å². The van der Waals surface area contributed by atoms with Crippen LogP contribution in [0.3, 0.4) is 0 Å². The Balaban J connectivity index is 1.36. The van der Waals surface area contributed by atoms with E-state index in [1.54, 1.807) is 0 Å². The van der Waals surface area contributed by atoms with E-state index in [1.807, 2.05) is 79.5 Å². The van der Waals surface area contributed by atoms with Crippen molar-refractivity contribution >= 4 is 22.4 Å². The molecule has 0 unspecified atom stereocenters. The number of likely N-dealkylation sites (N-methyl/N-ethyl adjacent to an activating group) is 1. The number of carbonyl (C=O) groups is 1. The molecule has 0 aromatic heterocycles. The molecular weight excluding hydrogens is 352 g/mol. The lowest BCUT2D eigenvalue weighted by atomic mass is 10.1. The number of nitrogens with zero attached hydrogens (tertiary/aromatic N) is 1. The van der Waals surface area contributed by atoms with Crippen LogP contribution < -0.4 is 14.8 Å². The first-order valence-electron chi connectivity index (χ1n) is 9.48. The van der Waals surface area contributed by atoms with Gasteiger partial charge in [0.15, 0.2) is 11.5 Å². The minimum Gasteiger partial charge on any atom is -0.486 e. The summed E-state index contributed by atoms with van der Waals surface area (Å²) in [6, 6.07) is 21.4. The van der Waals surface area contributed by atoms with Crippen LogP contribution in [0.4, 0.5) is 5.69 Å². The van der Waals surface area contributed by atoms with Crippen molar-refractivity contribution in [3.05, 3.63) is 66.7 Å². The standard InChI is InChI=1S/C23H24N2O3/c1-16(23(26)24-19-12-11-17-7-3-4-8-18(17)13-19)25(2)14-20-15-27-21-9-5-6-10-22(21)28-20/h3-13,16,20H,14-15H2,1-2H3,(H,24,26)/t16-,20-/m1/s1. The fourth-order valence-corrected chi connectivity index (χ4v) is 3.35. The highest BCUT2D eigenvalue weighted by Crippen LogP contribution is 2.31. The van der Waals surface area contributed by atoms with Crippen molar-refractivity contribution in [3.8, 4) is 11.5 Å². The number of anilines is 1. The van der Waals surface area contributed by atoms with Gasteiger partial charge < -0.3 is 14.8 Å². The highest BCUT2D eigenvalue weighted by Gasteiger charge is 2.26. The van der Waals surface area contributed by atoms with Gasteiger partial charge >= 0.3 is 0 Å². The lowest BCUT2D eigenvalue weighted by molar-refractivity contribution is -0.120. The second-order valence-electron chi connectivity index (χ2n) is 7.16. The van der Waals surface area contributed by atoms with E-state index in [0.29, 0.717) is 13.2 Å². The van der Waals surface area contributed by atoms with Gasteiger partial charge in [0.1, 0.15) is 12.7 Å². The Hall–Kier alpha value is -3.05. The molecule has 0 saturated heterocycles. The predicted octanol–water partition coefficient (Wildman–Crippen LogP) is 3.94. The van der Waals surface area contributed by atoms with Gasteiger partial charge in [-0.2, -0.15) is 0 Å². The highest BCUT2D eigenvalue weighted by molar-refractivity contribution is 5.97. The fourth-order valence-electron chi connectivity index (χ4n) is 3.35. The van der Waals surface area contributed by atoms with Crippen LogP contribution in [0.25, 0.3) is 10.8 Å². The SMILES string of the molecule is C[C@H](C(=O)Nc1ccc2ccccc2c1)N(C)C[C@@H]1COc2ccccc2O1. The molecule has 144 valence electrons. The van der Waals surface area contributed by atoms with Gasteiger partial charge in [-0.15, -0.1) is 0 Å². The second-order valence-corrected chi connectivity index (χ2v) is 7.16. The summed E-state index contributed by atoms with van der Waals surface area (Å²) < 4.78 is 11.8. The first-order chi connectivity index (χ1) is 13.6. The Labute approximate surface area is 164 Å². The Morgan fingerprint density at radius 2 is 1.79 bits per heavy atom. The van der Waals surface area contributed by atoms with E-state index >= 15 is 0 Å². The normalized spacial score (nSPS) is 16.8. The molecule has 0 fully saturated rings. The Morgan fingerprint density at radius 3 is 2.61 bits per heavy atom. The summed E-state index contributed by atoms with van der Waals surface area (Å²) in [5, 5.41) is 5.27. The number of benzene rings is 3. The molecule has 1 amide bonds. The molecule has 1 heterocycles. The van der Waals surface area contributed by atoms with Crippen molar-refractivity contribution in [1.82, 2.24) is 4.90 Å². The zero-order valence-electron chi connectivity index (χ0n) is 16.1. The molecule has 1 N–H and O–H groups in total. The topological polar surface area (TPSA) is 50.8 Å². The molecule has 0 radical (unpaired) electrons. The van der Waals surface area contributed by atoms with E-state index in [0.717, 1.165) is 28.0 Å². The largest absolute Gasteiger partial charge is 0.486 e. The van der Waals surface area contributed by atoms with Gasteiger partial charge in [0.2, 0.25) is 5.91 Å². The summed E-state index contributed by atoms with van der Waals surface area (Å²) >= 11 is 0. The summed E-state index contributed by atoms with van der Waals surface area (Å²) in [4.78, 5) is 14.7. The fraction of sp³-hybridized carbons (Fsp3) is 0.261. The molecular formula is C23H24N2O3. The number of ether oxygens (including phenoxy) is 2. The number of hydrogen-bond acceptors (Lipinski definition) is 4. The van der Waals surface area contributed by atoms with Crippen molar-refractivity contribution in [2.45, 2.75) is 19.1 Å². The monoisotopic (exact) mass is 376 g/mol. The van der Waals surface area contributed by atoms with Crippen molar-refractivity contribution in [1.29, 1.82) is 0 Å². The maximum atomic E-state index is 12.7. The number of carbonyl (C=O) groups excluding carboxylic acids is 1. The van der Waals surface area contributed by atoms with Gasteiger partial charge in [0.05, 0.1) is 6.04 Å².